The van der Waals surface area contributed by atoms with Gasteiger partial charge in [0, 0.05) is 18.7 Å². The Kier molecular flexibility index (Phi) is 8.86. The molecule has 0 spiro atoms. The molecule has 0 aromatic carbocycles. The van der Waals surface area contributed by atoms with Crippen molar-refractivity contribution in [1.82, 2.24) is 10.3 Å². The fourth-order valence-corrected chi connectivity index (χ4v) is 3.05. The van der Waals surface area contributed by atoms with Crippen molar-refractivity contribution in [3.05, 3.63) is 16.1 Å². The monoisotopic (exact) mass is 400 g/mol. The van der Waals surface area contributed by atoms with E-state index in [1.54, 1.807) is 20.8 Å². The van der Waals surface area contributed by atoms with E-state index in [1.807, 2.05) is 0 Å². The van der Waals surface area contributed by atoms with Gasteiger partial charge in [-0.05, 0) is 27.2 Å². The van der Waals surface area contributed by atoms with E-state index in [4.69, 9.17) is 14.2 Å². The third kappa shape index (κ3) is 6.02. The molecule has 0 saturated heterocycles. The van der Waals surface area contributed by atoms with Gasteiger partial charge in [0.15, 0.2) is 5.69 Å². The Labute approximate surface area is 161 Å². The van der Waals surface area contributed by atoms with Gasteiger partial charge in [-0.2, -0.15) is 0 Å². The first-order valence-corrected chi connectivity index (χ1v) is 9.43. The second-order valence-electron chi connectivity index (χ2n) is 5.37. The molecule has 0 fully saturated rings. The first kappa shape index (κ1) is 22.6. The molecule has 0 aliphatic heterocycles. The van der Waals surface area contributed by atoms with Gasteiger partial charge in [0.1, 0.15) is 0 Å². The van der Waals surface area contributed by atoms with Crippen LogP contribution in [0.25, 0.3) is 0 Å². The predicted octanol–water partition coefficient (Wildman–Crippen LogP) is 1.25. The molecule has 1 heterocycles. The standard InChI is InChI=1S/C17H24N2O7S/c1-5-24-14(21)12-10-27-13(18-12)8-9-17(19-11(4)20,15(22)25-6-2)16(23)26-7-3/h10H,5-9H2,1-4H3,(H,19,20). The first-order valence-electron chi connectivity index (χ1n) is 8.55. The molecule has 0 aliphatic rings. The van der Waals surface area contributed by atoms with Crippen LogP contribution in [0.4, 0.5) is 0 Å². The molecule has 1 amide bonds. The van der Waals surface area contributed by atoms with Crippen molar-refractivity contribution in [2.24, 2.45) is 0 Å². The fraction of sp³-hybridized carbons (Fsp3) is 0.588. The number of aromatic nitrogens is 1. The highest BCUT2D eigenvalue weighted by atomic mass is 32.1. The number of esters is 3. The topological polar surface area (TPSA) is 121 Å². The Morgan fingerprint density at radius 3 is 2.07 bits per heavy atom. The Morgan fingerprint density at radius 1 is 1.04 bits per heavy atom. The number of nitrogens with zero attached hydrogens (tertiary/aromatic N) is 1. The summed E-state index contributed by atoms with van der Waals surface area (Å²) in [7, 11) is 0. The number of thiazole rings is 1. The number of amides is 1. The average Bonchev–Trinajstić information content (AvgIpc) is 3.08. The highest BCUT2D eigenvalue weighted by molar-refractivity contribution is 7.09. The van der Waals surface area contributed by atoms with Gasteiger partial charge in [0.25, 0.3) is 0 Å². The molecule has 0 aliphatic carbocycles. The molecular weight excluding hydrogens is 376 g/mol. The molecule has 1 aromatic rings. The van der Waals surface area contributed by atoms with Crippen molar-refractivity contribution >= 4 is 35.2 Å². The highest BCUT2D eigenvalue weighted by Gasteiger charge is 2.49. The summed E-state index contributed by atoms with van der Waals surface area (Å²) >= 11 is 1.18. The van der Waals surface area contributed by atoms with E-state index in [0.717, 1.165) is 0 Å². The normalized spacial score (nSPS) is 10.8. The van der Waals surface area contributed by atoms with E-state index in [1.165, 1.54) is 23.6 Å². The van der Waals surface area contributed by atoms with Crippen LogP contribution < -0.4 is 5.32 Å². The first-order chi connectivity index (χ1) is 12.8. The van der Waals surface area contributed by atoms with Gasteiger partial charge >= 0.3 is 17.9 Å². The zero-order chi connectivity index (χ0) is 20.4. The van der Waals surface area contributed by atoms with Crippen LogP contribution in [0.15, 0.2) is 5.38 Å². The van der Waals surface area contributed by atoms with E-state index >= 15 is 0 Å². The molecule has 150 valence electrons. The zero-order valence-electron chi connectivity index (χ0n) is 15.8. The van der Waals surface area contributed by atoms with Gasteiger partial charge in [0.2, 0.25) is 11.4 Å². The van der Waals surface area contributed by atoms with E-state index in [-0.39, 0.29) is 38.4 Å². The minimum absolute atomic E-state index is 0.0316. The van der Waals surface area contributed by atoms with Crippen molar-refractivity contribution < 1.29 is 33.4 Å². The molecule has 0 bridgehead atoms. The van der Waals surface area contributed by atoms with Gasteiger partial charge in [-0.3, -0.25) is 4.79 Å². The Bertz CT molecular complexity index is 669. The number of hydrogen-bond acceptors (Lipinski definition) is 9. The number of carbonyl (C=O) groups is 4. The molecule has 0 unspecified atom stereocenters. The summed E-state index contributed by atoms with van der Waals surface area (Å²) in [6, 6.07) is 0. The highest BCUT2D eigenvalue weighted by Crippen LogP contribution is 2.22. The van der Waals surface area contributed by atoms with Crippen LogP contribution in [-0.4, -0.2) is 54.2 Å². The van der Waals surface area contributed by atoms with Crippen molar-refractivity contribution in [3.63, 3.8) is 0 Å². The van der Waals surface area contributed by atoms with Crippen LogP contribution in [0, 0.1) is 0 Å². The smallest absolute Gasteiger partial charge is 0.357 e. The molecule has 1 N–H and O–H groups in total. The van der Waals surface area contributed by atoms with Crippen molar-refractivity contribution in [1.29, 1.82) is 0 Å². The number of ether oxygens (including phenoxy) is 3. The molecule has 27 heavy (non-hydrogen) atoms. The quantitative estimate of drug-likeness (QED) is 0.354. The van der Waals surface area contributed by atoms with Crippen LogP contribution in [0.3, 0.4) is 0 Å². The third-order valence-corrected chi connectivity index (χ3v) is 4.30. The van der Waals surface area contributed by atoms with E-state index < -0.39 is 29.4 Å². The van der Waals surface area contributed by atoms with Crippen LogP contribution in [0.2, 0.25) is 0 Å². The lowest BCUT2D eigenvalue weighted by Gasteiger charge is -2.29. The maximum absolute atomic E-state index is 12.5. The van der Waals surface area contributed by atoms with Gasteiger partial charge in [-0.25, -0.2) is 19.4 Å². The summed E-state index contributed by atoms with van der Waals surface area (Å²) in [6.45, 7) is 6.35. The second kappa shape index (κ2) is 10.6. The zero-order valence-corrected chi connectivity index (χ0v) is 16.6. The summed E-state index contributed by atoms with van der Waals surface area (Å²) in [6.07, 6.45) is 0.0159. The maximum Gasteiger partial charge on any atom is 0.357 e. The number of hydrogen-bond donors (Lipinski definition) is 1. The van der Waals surface area contributed by atoms with E-state index in [0.29, 0.717) is 5.01 Å². The minimum Gasteiger partial charge on any atom is -0.464 e. The van der Waals surface area contributed by atoms with Crippen molar-refractivity contribution in [3.8, 4) is 0 Å². The van der Waals surface area contributed by atoms with Gasteiger partial charge in [-0.1, -0.05) is 0 Å². The summed E-state index contributed by atoms with van der Waals surface area (Å²) < 4.78 is 14.9. The predicted molar refractivity (Wildman–Crippen MR) is 96.2 cm³/mol. The van der Waals surface area contributed by atoms with Crippen molar-refractivity contribution in [2.75, 3.05) is 19.8 Å². The second-order valence-corrected chi connectivity index (χ2v) is 6.32. The Balaban J connectivity index is 3.08. The maximum atomic E-state index is 12.5. The number of rotatable bonds is 10. The molecule has 0 radical (unpaired) electrons. The molecule has 10 heteroatoms. The summed E-state index contributed by atoms with van der Waals surface area (Å²) in [5.74, 6) is -2.94. The summed E-state index contributed by atoms with van der Waals surface area (Å²) in [5, 5.41) is 4.41. The lowest BCUT2D eigenvalue weighted by atomic mass is 9.93. The largest absolute Gasteiger partial charge is 0.464 e. The molecule has 0 atom stereocenters. The molecule has 1 aromatic heterocycles. The third-order valence-electron chi connectivity index (χ3n) is 3.39. The molecule has 1 rings (SSSR count). The van der Waals surface area contributed by atoms with E-state index in [2.05, 4.69) is 10.3 Å². The average molecular weight is 400 g/mol. The van der Waals surface area contributed by atoms with E-state index in [9.17, 15) is 19.2 Å². The lowest BCUT2D eigenvalue weighted by molar-refractivity contribution is -0.168. The molecule has 0 saturated carbocycles. The van der Waals surface area contributed by atoms with Crippen molar-refractivity contribution in [2.45, 2.75) is 46.1 Å². The van der Waals surface area contributed by atoms with Crippen LogP contribution >= 0.6 is 11.3 Å². The number of aryl methyl sites for hydroxylation is 1. The lowest BCUT2D eigenvalue weighted by Crippen LogP contribution is -2.61. The summed E-state index contributed by atoms with van der Waals surface area (Å²) in [5.41, 5.74) is -1.83. The number of nitrogens with one attached hydrogen (secondary N) is 1. The van der Waals surface area contributed by atoms with Gasteiger partial charge in [-0.15, -0.1) is 11.3 Å². The fourth-order valence-electron chi connectivity index (χ4n) is 2.28. The van der Waals surface area contributed by atoms with Crippen LogP contribution in [-0.2, 0) is 35.0 Å². The van der Waals surface area contributed by atoms with Gasteiger partial charge in [0.05, 0.1) is 24.8 Å². The van der Waals surface area contributed by atoms with Gasteiger partial charge < -0.3 is 19.5 Å². The molecule has 9 nitrogen and oxygen atoms in total. The van der Waals surface area contributed by atoms with Crippen LogP contribution in [0.5, 0.6) is 0 Å². The SMILES string of the molecule is CCOC(=O)c1csc(CCC(NC(C)=O)(C(=O)OCC)C(=O)OCC)n1. The number of carbonyl (C=O) groups excluding carboxylic acids is 4. The minimum atomic E-state index is -1.98. The Morgan fingerprint density at radius 2 is 1.59 bits per heavy atom. The Hall–Kier alpha value is -2.49. The molecular formula is C17H24N2O7S. The van der Waals surface area contributed by atoms with Crippen LogP contribution in [0.1, 0.15) is 49.6 Å². The summed E-state index contributed by atoms with van der Waals surface area (Å²) in [4.78, 5) is 52.5.